The summed E-state index contributed by atoms with van der Waals surface area (Å²) >= 11 is 1.44. The smallest absolute Gasteiger partial charge is 0.237 e. The van der Waals surface area contributed by atoms with E-state index < -0.39 is 0 Å². The molecular weight excluding hydrogens is 386 g/mol. The summed E-state index contributed by atoms with van der Waals surface area (Å²) in [6, 6.07) is 14.8. The van der Waals surface area contributed by atoms with Crippen LogP contribution in [0.5, 0.6) is 0 Å². The normalized spacial score (nSPS) is 11.6. The topological polar surface area (TPSA) is 87.3 Å². The van der Waals surface area contributed by atoms with Crippen LogP contribution in [0.2, 0.25) is 0 Å². The highest BCUT2D eigenvalue weighted by atomic mass is 32.2. The lowest BCUT2D eigenvalue weighted by Crippen LogP contribution is -2.31. The summed E-state index contributed by atoms with van der Waals surface area (Å²) in [5.41, 5.74) is 2.31. The minimum absolute atomic E-state index is 0.0219. The maximum absolute atomic E-state index is 12.5. The van der Waals surface area contributed by atoms with Crippen LogP contribution >= 0.6 is 11.8 Å². The number of hydrogen-bond acceptors (Lipinski definition) is 4. The first-order valence-corrected chi connectivity index (χ1v) is 10.3. The molecule has 6 nitrogen and oxygen atoms in total. The summed E-state index contributed by atoms with van der Waals surface area (Å²) in [4.78, 5) is 36.3. The molecular formula is C22H27N3O3S. The molecule has 0 saturated heterocycles. The van der Waals surface area contributed by atoms with Crippen LogP contribution < -0.4 is 16.0 Å². The third-order valence-electron chi connectivity index (χ3n) is 3.89. The molecule has 0 aliphatic heterocycles. The highest BCUT2D eigenvalue weighted by Crippen LogP contribution is 2.25. The average molecular weight is 414 g/mol. The Morgan fingerprint density at radius 2 is 1.41 bits per heavy atom. The van der Waals surface area contributed by atoms with Gasteiger partial charge in [-0.25, -0.2) is 0 Å². The predicted octanol–water partition coefficient (Wildman–Crippen LogP) is 3.83. The van der Waals surface area contributed by atoms with Crippen LogP contribution in [-0.4, -0.2) is 29.0 Å². The fraction of sp³-hybridized carbons (Fsp3) is 0.318. The molecule has 0 spiro atoms. The minimum atomic E-state index is -0.293. The first-order chi connectivity index (χ1) is 13.7. The molecule has 3 amide bonds. The average Bonchev–Trinajstić information content (AvgIpc) is 2.63. The van der Waals surface area contributed by atoms with Crippen molar-refractivity contribution in [3.05, 3.63) is 54.1 Å². The summed E-state index contributed by atoms with van der Waals surface area (Å²) < 4.78 is 0. The van der Waals surface area contributed by atoms with E-state index in [4.69, 9.17) is 0 Å². The van der Waals surface area contributed by atoms with Gasteiger partial charge in [-0.1, -0.05) is 12.1 Å². The molecule has 0 radical (unpaired) electrons. The monoisotopic (exact) mass is 413 g/mol. The van der Waals surface area contributed by atoms with Crippen LogP contribution in [0.15, 0.2) is 53.4 Å². The molecule has 1 atom stereocenters. The minimum Gasteiger partial charge on any atom is -0.354 e. The molecule has 3 N–H and O–H groups in total. The summed E-state index contributed by atoms with van der Waals surface area (Å²) in [5, 5.41) is 8.17. The number of amides is 3. The zero-order chi connectivity index (χ0) is 21.4. The Morgan fingerprint density at radius 1 is 0.862 bits per heavy atom. The number of benzene rings is 2. The summed E-state index contributed by atoms with van der Waals surface area (Å²) in [5.74, 6) is -0.248. The quantitative estimate of drug-likeness (QED) is 0.574. The van der Waals surface area contributed by atoms with Crippen molar-refractivity contribution in [3.63, 3.8) is 0 Å². The van der Waals surface area contributed by atoms with Gasteiger partial charge in [0.2, 0.25) is 17.7 Å². The second-order valence-corrected chi connectivity index (χ2v) is 8.47. The number of hydrogen-bond donors (Lipinski definition) is 3. The second kappa shape index (κ2) is 10.7. The Kier molecular flexibility index (Phi) is 8.27. The van der Waals surface area contributed by atoms with Crippen molar-refractivity contribution in [1.29, 1.82) is 0 Å². The zero-order valence-corrected chi connectivity index (χ0v) is 17.9. The number of nitrogens with one attached hydrogen (secondary N) is 3. The Balaban J connectivity index is 1.87. The van der Waals surface area contributed by atoms with Gasteiger partial charge in [0.1, 0.15) is 0 Å². The van der Waals surface area contributed by atoms with E-state index in [0.717, 1.165) is 16.1 Å². The van der Waals surface area contributed by atoms with Crippen LogP contribution in [0.4, 0.5) is 11.4 Å². The van der Waals surface area contributed by atoms with Crippen molar-refractivity contribution in [2.75, 3.05) is 10.6 Å². The first-order valence-electron chi connectivity index (χ1n) is 9.46. The summed E-state index contributed by atoms with van der Waals surface area (Å²) in [7, 11) is 0. The molecule has 29 heavy (non-hydrogen) atoms. The van der Waals surface area contributed by atoms with Gasteiger partial charge in [-0.15, -0.1) is 11.8 Å². The van der Waals surface area contributed by atoms with Crippen molar-refractivity contribution in [2.45, 2.75) is 50.3 Å². The molecule has 0 fully saturated rings. The van der Waals surface area contributed by atoms with E-state index in [-0.39, 0.29) is 29.0 Å². The van der Waals surface area contributed by atoms with Crippen LogP contribution in [0, 0.1) is 0 Å². The molecule has 2 aromatic rings. The fourth-order valence-corrected chi connectivity index (χ4v) is 3.45. The van der Waals surface area contributed by atoms with Crippen LogP contribution in [0.1, 0.15) is 33.3 Å². The SMILES string of the molecule is CC(=O)Nc1ccc(SC(C)C(=O)Nc2ccc(CC(=O)NC(C)C)cc2)cc1. The van der Waals surface area contributed by atoms with Gasteiger partial charge in [-0.05, 0) is 62.7 Å². The molecule has 2 rings (SSSR count). The molecule has 0 heterocycles. The Bertz CT molecular complexity index is 849. The van der Waals surface area contributed by atoms with Gasteiger partial charge in [0, 0.05) is 29.2 Å². The van der Waals surface area contributed by atoms with Crippen LogP contribution in [-0.2, 0) is 20.8 Å². The number of carbonyl (C=O) groups excluding carboxylic acids is 3. The Morgan fingerprint density at radius 3 is 1.97 bits per heavy atom. The summed E-state index contributed by atoms with van der Waals surface area (Å²) in [6.45, 7) is 7.15. The predicted molar refractivity (Wildman–Crippen MR) is 118 cm³/mol. The van der Waals surface area contributed by atoms with E-state index in [1.54, 1.807) is 12.1 Å². The maximum Gasteiger partial charge on any atom is 0.237 e. The highest BCUT2D eigenvalue weighted by molar-refractivity contribution is 8.00. The zero-order valence-electron chi connectivity index (χ0n) is 17.1. The molecule has 0 aliphatic rings. The first kappa shape index (κ1) is 22.5. The molecule has 7 heteroatoms. The van der Waals surface area contributed by atoms with Crippen molar-refractivity contribution in [2.24, 2.45) is 0 Å². The fourth-order valence-electron chi connectivity index (χ4n) is 2.59. The van der Waals surface area contributed by atoms with Crippen molar-refractivity contribution in [3.8, 4) is 0 Å². The largest absolute Gasteiger partial charge is 0.354 e. The Labute approximate surface area is 175 Å². The van der Waals surface area contributed by atoms with Crippen LogP contribution in [0.3, 0.4) is 0 Å². The van der Waals surface area contributed by atoms with E-state index >= 15 is 0 Å². The standard InChI is InChI=1S/C22H27N3O3S/c1-14(2)23-21(27)13-17-5-7-19(8-6-17)25-22(28)15(3)29-20-11-9-18(10-12-20)24-16(4)26/h5-12,14-15H,13H2,1-4H3,(H,23,27)(H,24,26)(H,25,28). The van der Waals surface area contributed by atoms with Gasteiger partial charge >= 0.3 is 0 Å². The highest BCUT2D eigenvalue weighted by Gasteiger charge is 2.15. The van der Waals surface area contributed by atoms with Gasteiger partial charge < -0.3 is 16.0 Å². The number of anilines is 2. The lowest BCUT2D eigenvalue weighted by Gasteiger charge is -2.13. The third kappa shape index (κ3) is 7.99. The maximum atomic E-state index is 12.5. The van der Waals surface area contributed by atoms with Gasteiger partial charge in [-0.3, -0.25) is 14.4 Å². The molecule has 0 saturated carbocycles. The second-order valence-electron chi connectivity index (χ2n) is 7.05. The lowest BCUT2D eigenvalue weighted by atomic mass is 10.1. The van der Waals surface area contributed by atoms with Gasteiger partial charge in [0.25, 0.3) is 0 Å². The number of thioether (sulfide) groups is 1. The van der Waals surface area contributed by atoms with E-state index in [9.17, 15) is 14.4 Å². The molecule has 0 aliphatic carbocycles. The molecule has 154 valence electrons. The number of carbonyl (C=O) groups is 3. The van der Waals surface area contributed by atoms with Crippen molar-refractivity contribution in [1.82, 2.24) is 5.32 Å². The third-order valence-corrected chi connectivity index (χ3v) is 5.00. The lowest BCUT2D eigenvalue weighted by molar-refractivity contribution is -0.121. The van der Waals surface area contributed by atoms with E-state index in [1.165, 1.54) is 18.7 Å². The van der Waals surface area contributed by atoms with Gasteiger partial charge in [-0.2, -0.15) is 0 Å². The Hall–Kier alpha value is -2.80. The van der Waals surface area contributed by atoms with Crippen molar-refractivity contribution >= 4 is 40.9 Å². The summed E-state index contributed by atoms with van der Waals surface area (Å²) in [6.07, 6.45) is 0.313. The van der Waals surface area contributed by atoms with E-state index in [1.807, 2.05) is 57.2 Å². The van der Waals surface area contributed by atoms with Gasteiger partial charge in [0.15, 0.2) is 0 Å². The van der Waals surface area contributed by atoms with E-state index in [0.29, 0.717) is 12.1 Å². The molecule has 2 aromatic carbocycles. The van der Waals surface area contributed by atoms with Gasteiger partial charge in [0.05, 0.1) is 11.7 Å². The van der Waals surface area contributed by atoms with E-state index in [2.05, 4.69) is 16.0 Å². The molecule has 0 aromatic heterocycles. The number of rotatable bonds is 8. The van der Waals surface area contributed by atoms with Crippen LogP contribution in [0.25, 0.3) is 0 Å². The van der Waals surface area contributed by atoms with Crippen molar-refractivity contribution < 1.29 is 14.4 Å². The molecule has 0 bridgehead atoms. The molecule has 1 unspecified atom stereocenters.